The van der Waals surface area contributed by atoms with Gasteiger partial charge in [-0.2, -0.15) is 0 Å². The van der Waals surface area contributed by atoms with Crippen LogP contribution in [0.2, 0.25) is 0 Å². The Morgan fingerprint density at radius 2 is 0.417 bits per heavy atom. The molecular formula is C58H116O2. The third kappa shape index (κ3) is 42.8. The molecule has 0 spiro atoms. The fourth-order valence-electron chi connectivity index (χ4n) is 9.86. The highest BCUT2D eigenvalue weighted by molar-refractivity contribution is 5.76. The average molecular weight is 846 g/mol. The van der Waals surface area contributed by atoms with Gasteiger partial charge in [0.15, 0.2) is 0 Å². The third-order valence-corrected chi connectivity index (χ3v) is 14.2. The van der Waals surface area contributed by atoms with E-state index in [0.29, 0.717) is 6.61 Å². The summed E-state index contributed by atoms with van der Waals surface area (Å²) in [5.74, 6) is 0.194. The minimum atomic E-state index is -0.243. The monoisotopic (exact) mass is 845 g/mol. The van der Waals surface area contributed by atoms with Crippen LogP contribution in [-0.2, 0) is 9.53 Å². The van der Waals surface area contributed by atoms with Crippen LogP contribution >= 0.6 is 0 Å². The van der Waals surface area contributed by atoms with Crippen LogP contribution in [0, 0.1) is 5.41 Å². The lowest BCUT2D eigenvalue weighted by atomic mass is 9.74. The highest BCUT2D eigenvalue weighted by atomic mass is 16.5. The van der Waals surface area contributed by atoms with Crippen LogP contribution in [0.1, 0.15) is 355 Å². The SMILES string of the molecule is CCCCCCCCCCCCCCOC(=O)C(CCCCCCCCCCCCCC)(CCCCCCCCCCCCCC)CCCCCCCCCCCCCC. The molecule has 0 fully saturated rings. The molecule has 0 bridgehead atoms. The first-order valence-electron chi connectivity index (χ1n) is 28.8. The lowest BCUT2D eigenvalue weighted by molar-refractivity contribution is -0.158. The highest BCUT2D eigenvalue weighted by Gasteiger charge is 2.38. The van der Waals surface area contributed by atoms with Crippen molar-refractivity contribution in [2.45, 2.75) is 355 Å². The molecule has 0 unspecified atom stereocenters. The molecular weight excluding hydrogens is 729 g/mol. The van der Waals surface area contributed by atoms with Crippen LogP contribution < -0.4 is 0 Å². The predicted octanol–water partition coefficient (Wildman–Crippen LogP) is 21.5. The van der Waals surface area contributed by atoms with E-state index in [-0.39, 0.29) is 11.4 Å². The Balaban J connectivity index is 5.06. The predicted molar refractivity (Wildman–Crippen MR) is 272 cm³/mol. The van der Waals surface area contributed by atoms with E-state index in [2.05, 4.69) is 27.7 Å². The van der Waals surface area contributed by atoms with Gasteiger partial charge in [0.1, 0.15) is 0 Å². The quantitative estimate of drug-likeness (QED) is 0.0450. The molecule has 60 heavy (non-hydrogen) atoms. The minimum absolute atomic E-state index is 0.194. The van der Waals surface area contributed by atoms with E-state index >= 15 is 0 Å². The Bertz CT molecular complexity index is 720. The lowest BCUT2D eigenvalue weighted by Gasteiger charge is -2.32. The van der Waals surface area contributed by atoms with Gasteiger partial charge in [-0.25, -0.2) is 0 Å². The van der Waals surface area contributed by atoms with Crippen LogP contribution in [-0.4, -0.2) is 12.6 Å². The van der Waals surface area contributed by atoms with Gasteiger partial charge in [-0.05, 0) is 25.7 Å². The summed E-state index contributed by atoms with van der Waals surface area (Å²) in [5, 5.41) is 0. The number of esters is 1. The van der Waals surface area contributed by atoms with Crippen LogP contribution in [0.5, 0.6) is 0 Å². The van der Waals surface area contributed by atoms with E-state index in [9.17, 15) is 4.79 Å². The number of carbonyl (C=O) groups is 1. The van der Waals surface area contributed by atoms with Crippen LogP contribution in [0.15, 0.2) is 0 Å². The number of hydrogen-bond donors (Lipinski definition) is 0. The van der Waals surface area contributed by atoms with Crippen molar-refractivity contribution in [3.8, 4) is 0 Å². The van der Waals surface area contributed by atoms with Crippen molar-refractivity contribution in [1.29, 1.82) is 0 Å². The summed E-state index contributed by atoms with van der Waals surface area (Å²) >= 11 is 0. The third-order valence-electron chi connectivity index (χ3n) is 14.2. The van der Waals surface area contributed by atoms with Gasteiger partial charge >= 0.3 is 5.97 Å². The standard InChI is InChI=1S/C58H116O2/c1-5-9-13-17-21-25-29-33-37-41-45-49-53-58(54-50-46-42-38-34-30-26-22-18-14-10-6-2,55-51-47-43-39-35-31-27-23-19-15-11-7-3)57(59)60-56-52-48-44-40-36-32-28-24-20-16-12-8-4/h5-56H2,1-4H3. The molecule has 0 rings (SSSR count). The van der Waals surface area contributed by atoms with Crippen LogP contribution in [0.25, 0.3) is 0 Å². The van der Waals surface area contributed by atoms with Crippen molar-refractivity contribution < 1.29 is 9.53 Å². The molecule has 0 aliphatic heterocycles. The number of rotatable bonds is 53. The molecule has 0 amide bonds. The number of carbonyl (C=O) groups excluding carboxylic acids is 1. The molecule has 0 atom stereocenters. The molecule has 0 radical (unpaired) electrons. The second-order valence-electron chi connectivity index (χ2n) is 20.2. The first-order chi connectivity index (χ1) is 29.7. The van der Waals surface area contributed by atoms with Crippen molar-refractivity contribution in [1.82, 2.24) is 0 Å². The zero-order chi connectivity index (χ0) is 43.6. The summed E-state index contributed by atoms with van der Waals surface area (Å²) in [6.07, 6.45) is 68.9. The maximum atomic E-state index is 14.3. The van der Waals surface area contributed by atoms with Gasteiger partial charge in [0.05, 0.1) is 12.0 Å². The molecule has 2 nitrogen and oxygen atoms in total. The topological polar surface area (TPSA) is 26.3 Å². The maximum Gasteiger partial charge on any atom is 0.312 e. The summed E-state index contributed by atoms with van der Waals surface area (Å²) in [6, 6.07) is 0. The van der Waals surface area contributed by atoms with E-state index in [1.165, 1.54) is 302 Å². The van der Waals surface area contributed by atoms with E-state index in [0.717, 1.165) is 25.7 Å². The fourth-order valence-corrected chi connectivity index (χ4v) is 9.86. The summed E-state index contributed by atoms with van der Waals surface area (Å²) in [5.41, 5.74) is -0.243. The molecule has 0 saturated heterocycles. The zero-order valence-corrected chi connectivity index (χ0v) is 42.6. The molecule has 0 aromatic carbocycles. The van der Waals surface area contributed by atoms with Crippen molar-refractivity contribution in [3.05, 3.63) is 0 Å². The molecule has 360 valence electrons. The van der Waals surface area contributed by atoms with E-state index in [1.807, 2.05) is 0 Å². The van der Waals surface area contributed by atoms with Gasteiger partial charge in [0, 0.05) is 0 Å². The number of hydrogen-bond acceptors (Lipinski definition) is 2. The minimum Gasteiger partial charge on any atom is -0.465 e. The Hall–Kier alpha value is -0.530. The lowest BCUT2D eigenvalue weighted by Crippen LogP contribution is -2.34. The molecule has 0 heterocycles. The smallest absolute Gasteiger partial charge is 0.312 e. The van der Waals surface area contributed by atoms with E-state index in [1.54, 1.807) is 0 Å². The molecule has 0 aromatic heterocycles. The first-order valence-corrected chi connectivity index (χ1v) is 28.8. The van der Waals surface area contributed by atoms with Crippen LogP contribution in [0.4, 0.5) is 0 Å². The summed E-state index contributed by atoms with van der Waals surface area (Å²) in [7, 11) is 0. The second kappa shape index (κ2) is 51.1. The molecule has 0 saturated carbocycles. The van der Waals surface area contributed by atoms with Gasteiger partial charge in [0.25, 0.3) is 0 Å². The van der Waals surface area contributed by atoms with Crippen molar-refractivity contribution in [2.24, 2.45) is 5.41 Å². The van der Waals surface area contributed by atoms with Gasteiger partial charge in [-0.3, -0.25) is 4.79 Å². The Morgan fingerprint density at radius 1 is 0.250 bits per heavy atom. The number of unbranched alkanes of at least 4 members (excludes halogenated alkanes) is 44. The van der Waals surface area contributed by atoms with Crippen LogP contribution in [0.3, 0.4) is 0 Å². The molecule has 0 N–H and O–H groups in total. The Labute approximate surface area is 381 Å². The summed E-state index contributed by atoms with van der Waals surface area (Å²) < 4.78 is 6.33. The van der Waals surface area contributed by atoms with E-state index < -0.39 is 0 Å². The highest BCUT2D eigenvalue weighted by Crippen LogP contribution is 2.39. The molecule has 0 aliphatic carbocycles. The largest absolute Gasteiger partial charge is 0.465 e. The Kier molecular flexibility index (Phi) is 50.7. The Morgan fingerprint density at radius 3 is 0.617 bits per heavy atom. The van der Waals surface area contributed by atoms with E-state index in [4.69, 9.17) is 4.74 Å². The second-order valence-corrected chi connectivity index (χ2v) is 20.2. The van der Waals surface area contributed by atoms with Crippen molar-refractivity contribution in [2.75, 3.05) is 6.61 Å². The molecule has 2 heteroatoms. The maximum absolute atomic E-state index is 14.3. The first kappa shape index (κ1) is 59.5. The van der Waals surface area contributed by atoms with Gasteiger partial charge in [-0.15, -0.1) is 0 Å². The van der Waals surface area contributed by atoms with Gasteiger partial charge < -0.3 is 4.74 Å². The number of ether oxygens (including phenoxy) is 1. The molecule has 0 aromatic rings. The summed E-state index contributed by atoms with van der Waals surface area (Å²) in [6.45, 7) is 9.89. The average Bonchev–Trinajstić information content (AvgIpc) is 3.26. The van der Waals surface area contributed by atoms with Gasteiger partial charge in [-0.1, -0.05) is 329 Å². The van der Waals surface area contributed by atoms with Gasteiger partial charge in [0.2, 0.25) is 0 Å². The normalized spacial score (nSPS) is 11.9. The van der Waals surface area contributed by atoms with Crippen molar-refractivity contribution in [3.63, 3.8) is 0 Å². The summed E-state index contributed by atoms with van der Waals surface area (Å²) in [4.78, 5) is 14.3. The fraction of sp³-hybridized carbons (Fsp3) is 0.983. The molecule has 0 aliphatic rings. The van der Waals surface area contributed by atoms with Crippen molar-refractivity contribution >= 4 is 5.97 Å². The zero-order valence-electron chi connectivity index (χ0n) is 42.6.